The van der Waals surface area contributed by atoms with Gasteiger partial charge in [0.05, 0.1) is 0 Å². The Morgan fingerprint density at radius 2 is 1.89 bits per heavy atom. The van der Waals surface area contributed by atoms with Gasteiger partial charge in [0.1, 0.15) is 5.82 Å². The zero-order valence-electron chi connectivity index (χ0n) is 16.5. The van der Waals surface area contributed by atoms with Gasteiger partial charge in [0, 0.05) is 18.7 Å². The van der Waals surface area contributed by atoms with Crippen molar-refractivity contribution in [3.63, 3.8) is 0 Å². The molecule has 1 amide bonds. The lowest BCUT2D eigenvalue weighted by Gasteiger charge is -2.25. The fraction of sp³-hybridized carbons (Fsp3) is 0.450. The van der Waals surface area contributed by atoms with Gasteiger partial charge in [-0.15, -0.1) is 0 Å². The number of nitrogens with zero attached hydrogens (tertiary/aromatic N) is 2. The number of nitrogen functional groups attached to an aromatic ring is 1. The van der Waals surface area contributed by atoms with Gasteiger partial charge in [-0.25, -0.2) is 4.79 Å². The average Bonchev–Trinajstić information content (AvgIpc) is 2.63. The number of nitrogens with one attached hydrogen (secondary N) is 1. The number of aromatic nitrogens is 2. The number of H-pyrrole nitrogens is 1. The van der Waals surface area contributed by atoms with Crippen LogP contribution in [0.4, 0.5) is 11.5 Å². The number of anilines is 2. The number of hydrogen-bond acceptors (Lipinski definition) is 4. The Kier molecular flexibility index (Phi) is 6.60. The first-order valence-corrected chi connectivity index (χ1v) is 9.34. The molecule has 2 aromatic rings. The molecule has 7 nitrogen and oxygen atoms in total. The molecule has 3 N–H and O–H groups in total. The maximum atomic E-state index is 13.3. The lowest BCUT2D eigenvalue weighted by Crippen LogP contribution is -2.41. The van der Waals surface area contributed by atoms with Crippen LogP contribution in [-0.2, 0) is 6.54 Å². The van der Waals surface area contributed by atoms with Crippen molar-refractivity contribution >= 4 is 17.4 Å². The Balaban J connectivity index is 2.65. The molecular weight excluding hydrogens is 344 g/mol. The monoisotopic (exact) mass is 372 g/mol. The van der Waals surface area contributed by atoms with Crippen LogP contribution in [0.3, 0.4) is 0 Å². The van der Waals surface area contributed by atoms with Crippen LogP contribution >= 0.6 is 0 Å². The predicted molar refractivity (Wildman–Crippen MR) is 109 cm³/mol. The molecule has 0 atom stereocenters. The van der Waals surface area contributed by atoms with Gasteiger partial charge >= 0.3 is 5.69 Å². The highest BCUT2D eigenvalue weighted by Gasteiger charge is 2.25. The van der Waals surface area contributed by atoms with Crippen molar-refractivity contribution in [2.24, 2.45) is 0 Å². The van der Waals surface area contributed by atoms with Crippen LogP contribution in [-0.4, -0.2) is 22.0 Å². The fourth-order valence-corrected chi connectivity index (χ4v) is 3.04. The molecule has 0 aliphatic carbocycles. The summed E-state index contributed by atoms with van der Waals surface area (Å²) in [6.45, 7) is 8.45. The lowest BCUT2D eigenvalue weighted by molar-refractivity contribution is 0.0985. The number of carbonyl (C=O) groups is 1. The Labute approximate surface area is 158 Å². The van der Waals surface area contributed by atoms with Crippen molar-refractivity contribution in [1.82, 2.24) is 9.55 Å². The average molecular weight is 372 g/mol. The molecule has 0 radical (unpaired) electrons. The molecule has 0 spiro atoms. The smallest absolute Gasteiger partial charge is 0.330 e. The maximum absolute atomic E-state index is 13.3. The quantitative estimate of drug-likeness (QED) is 0.780. The second-order valence-corrected chi connectivity index (χ2v) is 6.70. The van der Waals surface area contributed by atoms with E-state index in [0.29, 0.717) is 31.5 Å². The van der Waals surface area contributed by atoms with Crippen molar-refractivity contribution in [1.29, 1.82) is 0 Å². The van der Waals surface area contributed by atoms with Gasteiger partial charge in [-0.3, -0.25) is 19.1 Å². The number of benzene rings is 1. The second-order valence-electron chi connectivity index (χ2n) is 6.70. The van der Waals surface area contributed by atoms with E-state index in [1.807, 2.05) is 39.8 Å². The zero-order chi connectivity index (χ0) is 20.1. The molecule has 0 aliphatic heterocycles. The van der Waals surface area contributed by atoms with E-state index in [9.17, 15) is 14.4 Å². The molecule has 0 unspecified atom stereocenters. The molecule has 0 bridgehead atoms. The first-order chi connectivity index (χ1) is 12.8. The third kappa shape index (κ3) is 4.13. The highest BCUT2D eigenvalue weighted by Crippen LogP contribution is 2.22. The van der Waals surface area contributed by atoms with Crippen LogP contribution in [0.1, 0.15) is 54.6 Å². The van der Waals surface area contributed by atoms with Crippen molar-refractivity contribution in [2.45, 2.75) is 53.5 Å². The summed E-state index contributed by atoms with van der Waals surface area (Å²) in [6, 6.07) is 5.50. The van der Waals surface area contributed by atoms with E-state index in [4.69, 9.17) is 5.73 Å². The van der Waals surface area contributed by atoms with Gasteiger partial charge in [0.15, 0.2) is 5.69 Å². The summed E-state index contributed by atoms with van der Waals surface area (Å²) in [7, 11) is 0. The molecule has 27 heavy (non-hydrogen) atoms. The van der Waals surface area contributed by atoms with Gasteiger partial charge in [0.2, 0.25) is 0 Å². The van der Waals surface area contributed by atoms with E-state index >= 15 is 0 Å². The van der Waals surface area contributed by atoms with Gasteiger partial charge in [-0.05, 0) is 43.9 Å². The minimum atomic E-state index is -0.639. The Morgan fingerprint density at radius 3 is 2.52 bits per heavy atom. The zero-order valence-corrected chi connectivity index (χ0v) is 16.5. The largest absolute Gasteiger partial charge is 0.383 e. The van der Waals surface area contributed by atoms with E-state index in [1.54, 1.807) is 6.07 Å². The van der Waals surface area contributed by atoms with Crippen molar-refractivity contribution in [2.75, 3.05) is 17.2 Å². The third-order valence-electron chi connectivity index (χ3n) is 4.75. The summed E-state index contributed by atoms with van der Waals surface area (Å²) in [5.74, 6) is -0.260. The van der Waals surface area contributed by atoms with Gasteiger partial charge in [-0.2, -0.15) is 0 Å². The standard InChI is InChI=1S/C20H28N4O3/c1-5-7-12-23(19(26)15-10-8-9-13(3)14(15)4)16-17(21)24(11-6-2)20(27)22-18(16)25/h8-10H,5-7,11-12,21H2,1-4H3,(H,22,25,27). The highest BCUT2D eigenvalue weighted by atomic mass is 16.2. The first kappa shape index (κ1) is 20.5. The predicted octanol–water partition coefficient (Wildman–Crippen LogP) is 2.59. The van der Waals surface area contributed by atoms with Crippen LogP contribution in [0.25, 0.3) is 0 Å². The molecule has 0 aliphatic rings. The lowest BCUT2D eigenvalue weighted by atomic mass is 10.0. The molecule has 7 heteroatoms. The molecule has 1 aromatic heterocycles. The second kappa shape index (κ2) is 8.70. The Bertz CT molecular complexity index is 943. The summed E-state index contributed by atoms with van der Waals surface area (Å²) in [6.07, 6.45) is 2.24. The molecule has 0 saturated carbocycles. The number of rotatable bonds is 7. The topological polar surface area (TPSA) is 101 Å². The SMILES string of the molecule is CCCCN(C(=O)c1cccc(C)c1C)c1c(N)n(CCC)c(=O)[nH]c1=O. The van der Waals surface area contributed by atoms with Crippen LogP contribution in [0.2, 0.25) is 0 Å². The van der Waals surface area contributed by atoms with Crippen molar-refractivity contribution < 1.29 is 4.79 Å². The molecule has 2 rings (SSSR count). The van der Waals surface area contributed by atoms with Gasteiger partial charge in [0.25, 0.3) is 11.5 Å². The molecule has 1 heterocycles. The van der Waals surface area contributed by atoms with E-state index in [2.05, 4.69) is 4.98 Å². The van der Waals surface area contributed by atoms with E-state index < -0.39 is 11.2 Å². The molecule has 1 aromatic carbocycles. The van der Waals surface area contributed by atoms with Crippen LogP contribution in [0.5, 0.6) is 0 Å². The summed E-state index contributed by atoms with van der Waals surface area (Å²) in [4.78, 5) is 41.7. The molecular formula is C20H28N4O3. The number of unbranched alkanes of at least 4 members (excludes halogenated alkanes) is 1. The minimum absolute atomic E-state index is 0.0281. The number of aryl methyl sites for hydroxylation is 1. The van der Waals surface area contributed by atoms with E-state index in [-0.39, 0.29) is 17.4 Å². The fourth-order valence-electron chi connectivity index (χ4n) is 3.04. The summed E-state index contributed by atoms with van der Waals surface area (Å²) < 4.78 is 1.31. The van der Waals surface area contributed by atoms with Crippen LogP contribution in [0, 0.1) is 13.8 Å². The Hall–Kier alpha value is -2.83. The van der Waals surface area contributed by atoms with E-state index in [0.717, 1.165) is 17.5 Å². The van der Waals surface area contributed by atoms with E-state index in [1.165, 1.54) is 9.47 Å². The number of aromatic amines is 1. The summed E-state index contributed by atoms with van der Waals surface area (Å²) in [5, 5.41) is 0. The number of hydrogen-bond donors (Lipinski definition) is 2. The normalized spacial score (nSPS) is 10.8. The van der Waals surface area contributed by atoms with Crippen LogP contribution < -0.4 is 21.9 Å². The highest BCUT2D eigenvalue weighted by molar-refractivity contribution is 6.08. The summed E-state index contributed by atoms with van der Waals surface area (Å²) >= 11 is 0. The first-order valence-electron chi connectivity index (χ1n) is 9.34. The Morgan fingerprint density at radius 1 is 1.19 bits per heavy atom. The molecule has 146 valence electrons. The van der Waals surface area contributed by atoms with Crippen LogP contribution in [0.15, 0.2) is 27.8 Å². The number of amides is 1. The van der Waals surface area contributed by atoms with Gasteiger partial charge in [-0.1, -0.05) is 32.4 Å². The maximum Gasteiger partial charge on any atom is 0.330 e. The summed E-state index contributed by atoms with van der Waals surface area (Å²) in [5.41, 5.74) is 7.41. The number of nitrogens with two attached hydrogens (primary N) is 1. The third-order valence-corrected chi connectivity index (χ3v) is 4.75. The number of carbonyl (C=O) groups excluding carboxylic acids is 1. The minimum Gasteiger partial charge on any atom is -0.383 e. The molecule has 0 saturated heterocycles. The van der Waals surface area contributed by atoms with Crippen molar-refractivity contribution in [3.05, 3.63) is 55.7 Å². The van der Waals surface area contributed by atoms with Gasteiger partial charge < -0.3 is 10.6 Å². The molecule has 0 fully saturated rings. The van der Waals surface area contributed by atoms with Crippen molar-refractivity contribution in [3.8, 4) is 0 Å².